The van der Waals surface area contributed by atoms with E-state index in [1.807, 2.05) is 45.3 Å². The molecule has 0 radical (unpaired) electrons. The van der Waals surface area contributed by atoms with E-state index in [4.69, 9.17) is 5.41 Å². The van der Waals surface area contributed by atoms with E-state index in [-0.39, 0.29) is 0 Å². The van der Waals surface area contributed by atoms with Crippen LogP contribution in [0.3, 0.4) is 0 Å². The SMILES string of the molecule is CCN1NCC(=Nc2ccc(N(C)C)cc2)C1=N. The van der Waals surface area contributed by atoms with Crippen LogP contribution in [0.1, 0.15) is 6.92 Å². The number of hydrogen-bond donors (Lipinski definition) is 2. The first kappa shape index (κ1) is 12.6. The fourth-order valence-corrected chi connectivity index (χ4v) is 1.83. The predicted octanol–water partition coefficient (Wildman–Crippen LogP) is 1.64. The van der Waals surface area contributed by atoms with Crippen LogP contribution in [-0.2, 0) is 0 Å². The standard InChI is InChI=1S/C13H19N5/c1-4-18-13(14)12(9-15-18)16-10-5-7-11(8-6-10)17(2)3/h5-8,14-15H,4,9H2,1-3H3. The van der Waals surface area contributed by atoms with Crippen molar-refractivity contribution in [2.24, 2.45) is 4.99 Å². The molecule has 1 fully saturated rings. The van der Waals surface area contributed by atoms with Gasteiger partial charge < -0.3 is 4.90 Å². The van der Waals surface area contributed by atoms with Crippen LogP contribution >= 0.6 is 0 Å². The summed E-state index contributed by atoms with van der Waals surface area (Å²) in [5.74, 6) is 0.467. The zero-order valence-corrected chi connectivity index (χ0v) is 11.1. The lowest BCUT2D eigenvalue weighted by molar-refractivity contribution is 0.365. The summed E-state index contributed by atoms with van der Waals surface area (Å²) in [6.45, 7) is 3.41. The van der Waals surface area contributed by atoms with E-state index < -0.39 is 0 Å². The summed E-state index contributed by atoms with van der Waals surface area (Å²) < 4.78 is 0. The van der Waals surface area contributed by atoms with Gasteiger partial charge in [0, 0.05) is 26.3 Å². The fourth-order valence-electron chi connectivity index (χ4n) is 1.83. The minimum atomic E-state index is 0.467. The Bertz CT molecular complexity index is 461. The monoisotopic (exact) mass is 245 g/mol. The maximum absolute atomic E-state index is 7.95. The van der Waals surface area contributed by atoms with Crippen molar-refractivity contribution in [1.29, 1.82) is 5.41 Å². The van der Waals surface area contributed by atoms with Gasteiger partial charge in [0.2, 0.25) is 0 Å². The average molecular weight is 245 g/mol. The quantitative estimate of drug-likeness (QED) is 0.851. The van der Waals surface area contributed by atoms with Crippen molar-refractivity contribution >= 4 is 22.9 Å². The summed E-state index contributed by atoms with van der Waals surface area (Å²) >= 11 is 0. The summed E-state index contributed by atoms with van der Waals surface area (Å²) in [6.07, 6.45) is 0. The molecule has 1 aliphatic rings. The number of amidine groups is 1. The first-order valence-electron chi connectivity index (χ1n) is 6.06. The minimum absolute atomic E-state index is 0.467. The fraction of sp³-hybridized carbons (Fsp3) is 0.385. The molecule has 96 valence electrons. The van der Waals surface area contributed by atoms with Gasteiger partial charge in [-0.05, 0) is 31.2 Å². The topological polar surface area (TPSA) is 54.7 Å². The van der Waals surface area contributed by atoms with Crippen LogP contribution in [0, 0.1) is 5.41 Å². The number of anilines is 1. The molecule has 0 spiro atoms. The third-order valence-corrected chi connectivity index (χ3v) is 2.93. The molecule has 1 saturated heterocycles. The number of hydrazine groups is 1. The summed E-state index contributed by atoms with van der Waals surface area (Å²) in [7, 11) is 4.02. The lowest BCUT2D eigenvalue weighted by atomic mass is 10.2. The Balaban J connectivity index is 2.16. The molecule has 1 heterocycles. The normalized spacial score (nSPS) is 17.6. The van der Waals surface area contributed by atoms with Crippen molar-refractivity contribution in [2.75, 3.05) is 32.1 Å². The summed E-state index contributed by atoms with van der Waals surface area (Å²) in [4.78, 5) is 6.56. The van der Waals surface area contributed by atoms with Crippen molar-refractivity contribution in [3.05, 3.63) is 24.3 Å². The van der Waals surface area contributed by atoms with Crippen LogP contribution < -0.4 is 10.3 Å². The molecular formula is C13H19N5. The molecule has 0 saturated carbocycles. The first-order chi connectivity index (χ1) is 8.61. The Labute approximate surface area is 108 Å². The molecule has 0 amide bonds. The van der Waals surface area contributed by atoms with Crippen LogP contribution in [0.4, 0.5) is 11.4 Å². The molecule has 0 atom stereocenters. The van der Waals surface area contributed by atoms with Gasteiger partial charge in [0.25, 0.3) is 0 Å². The summed E-state index contributed by atoms with van der Waals surface area (Å²) in [5.41, 5.74) is 5.95. The second-order valence-electron chi connectivity index (χ2n) is 4.40. The highest BCUT2D eigenvalue weighted by Crippen LogP contribution is 2.18. The van der Waals surface area contributed by atoms with E-state index in [1.165, 1.54) is 0 Å². The molecule has 0 aromatic heterocycles. The molecule has 2 N–H and O–H groups in total. The van der Waals surface area contributed by atoms with Crippen LogP contribution in [0.2, 0.25) is 0 Å². The van der Waals surface area contributed by atoms with E-state index in [1.54, 1.807) is 5.01 Å². The molecule has 0 bridgehead atoms. The molecule has 0 aliphatic carbocycles. The lowest BCUT2D eigenvalue weighted by Gasteiger charge is -2.13. The number of hydrogen-bond acceptors (Lipinski definition) is 4. The van der Waals surface area contributed by atoms with Crippen molar-refractivity contribution in [3.8, 4) is 0 Å². The van der Waals surface area contributed by atoms with Gasteiger partial charge >= 0.3 is 0 Å². The van der Waals surface area contributed by atoms with Gasteiger partial charge in [0.05, 0.1) is 17.9 Å². The number of nitrogens with zero attached hydrogens (tertiary/aromatic N) is 3. The first-order valence-corrected chi connectivity index (χ1v) is 6.06. The zero-order valence-electron chi connectivity index (χ0n) is 11.1. The molecular weight excluding hydrogens is 226 g/mol. The van der Waals surface area contributed by atoms with Gasteiger partial charge in [-0.1, -0.05) is 0 Å². The molecule has 0 unspecified atom stereocenters. The highest BCUT2D eigenvalue weighted by molar-refractivity contribution is 6.42. The van der Waals surface area contributed by atoms with Crippen LogP contribution in [-0.4, -0.2) is 43.7 Å². The van der Waals surface area contributed by atoms with Gasteiger partial charge in [-0.15, -0.1) is 0 Å². The van der Waals surface area contributed by atoms with Gasteiger partial charge in [0.1, 0.15) is 0 Å². The van der Waals surface area contributed by atoms with E-state index in [9.17, 15) is 0 Å². The largest absolute Gasteiger partial charge is 0.378 e. The molecule has 18 heavy (non-hydrogen) atoms. The number of aliphatic imine (C=N–C) groups is 1. The van der Waals surface area contributed by atoms with Crippen LogP contribution in [0.15, 0.2) is 29.3 Å². The Morgan fingerprint density at radius 2 is 2.00 bits per heavy atom. The van der Waals surface area contributed by atoms with E-state index >= 15 is 0 Å². The van der Waals surface area contributed by atoms with Crippen molar-refractivity contribution < 1.29 is 0 Å². The Hall–Kier alpha value is -1.88. The molecule has 1 aliphatic heterocycles. The lowest BCUT2D eigenvalue weighted by Crippen LogP contribution is -2.33. The molecule has 1 aromatic rings. The average Bonchev–Trinajstić information content (AvgIpc) is 2.71. The highest BCUT2D eigenvalue weighted by Gasteiger charge is 2.21. The smallest absolute Gasteiger partial charge is 0.158 e. The molecule has 5 heteroatoms. The predicted molar refractivity (Wildman–Crippen MR) is 76.0 cm³/mol. The molecule has 1 aromatic carbocycles. The number of nitrogens with one attached hydrogen (secondary N) is 2. The summed E-state index contributed by atoms with van der Waals surface area (Å²) in [5, 5.41) is 9.75. The van der Waals surface area contributed by atoms with Crippen LogP contribution in [0.25, 0.3) is 0 Å². The van der Waals surface area contributed by atoms with Gasteiger partial charge in [0.15, 0.2) is 5.84 Å². The Morgan fingerprint density at radius 3 is 2.50 bits per heavy atom. The Kier molecular flexibility index (Phi) is 3.62. The van der Waals surface area contributed by atoms with E-state index in [0.717, 1.165) is 23.6 Å². The molecule has 5 nitrogen and oxygen atoms in total. The highest BCUT2D eigenvalue weighted by atomic mass is 15.5. The third-order valence-electron chi connectivity index (χ3n) is 2.93. The summed E-state index contributed by atoms with van der Waals surface area (Å²) in [6, 6.07) is 8.01. The second-order valence-corrected chi connectivity index (χ2v) is 4.40. The van der Waals surface area contributed by atoms with Crippen molar-refractivity contribution in [1.82, 2.24) is 10.4 Å². The second kappa shape index (κ2) is 5.18. The molecule has 2 rings (SSSR count). The maximum Gasteiger partial charge on any atom is 0.158 e. The van der Waals surface area contributed by atoms with Gasteiger partial charge in [-0.2, -0.15) is 0 Å². The van der Waals surface area contributed by atoms with Crippen molar-refractivity contribution in [3.63, 3.8) is 0 Å². The van der Waals surface area contributed by atoms with E-state index in [2.05, 4.69) is 15.3 Å². The van der Waals surface area contributed by atoms with E-state index in [0.29, 0.717) is 12.4 Å². The number of rotatable bonds is 3. The number of benzene rings is 1. The Morgan fingerprint density at radius 1 is 1.33 bits per heavy atom. The van der Waals surface area contributed by atoms with Crippen LogP contribution in [0.5, 0.6) is 0 Å². The maximum atomic E-state index is 7.95. The van der Waals surface area contributed by atoms with Gasteiger partial charge in [-0.3, -0.25) is 10.4 Å². The minimum Gasteiger partial charge on any atom is -0.378 e. The third kappa shape index (κ3) is 2.51. The zero-order chi connectivity index (χ0) is 13.1. The van der Waals surface area contributed by atoms with Crippen molar-refractivity contribution in [2.45, 2.75) is 6.92 Å². The van der Waals surface area contributed by atoms with Gasteiger partial charge in [-0.25, -0.2) is 10.4 Å².